The molecule has 0 radical (unpaired) electrons. The minimum absolute atomic E-state index is 0.0717. The third-order valence-electron chi connectivity index (χ3n) is 4.28. The van der Waals surface area contributed by atoms with E-state index in [0.717, 1.165) is 22.2 Å². The molecule has 9 heteroatoms. The number of nitrogens with zero attached hydrogens (tertiary/aromatic N) is 2. The Morgan fingerprint density at radius 3 is 2.43 bits per heavy atom. The second-order valence-corrected chi connectivity index (χ2v) is 8.12. The fourth-order valence-corrected chi connectivity index (χ4v) is 4.17. The Kier molecular flexibility index (Phi) is 6.74. The van der Waals surface area contributed by atoms with E-state index < -0.39 is 26.9 Å². The number of anilines is 2. The lowest BCUT2D eigenvalue weighted by Crippen LogP contribution is -2.47. The number of rotatable bonds is 8. The van der Waals surface area contributed by atoms with Crippen LogP contribution in [-0.4, -0.2) is 31.5 Å². The summed E-state index contributed by atoms with van der Waals surface area (Å²) in [5, 5.41) is 13.9. The van der Waals surface area contributed by atoms with Crippen LogP contribution in [0.2, 0.25) is 0 Å². The second kappa shape index (κ2) is 8.83. The van der Waals surface area contributed by atoms with Crippen molar-refractivity contribution in [2.75, 3.05) is 15.9 Å². The van der Waals surface area contributed by atoms with Crippen LogP contribution in [0.1, 0.15) is 25.8 Å². The highest BCUT2D eigenvalue weighted by atomic mass is 32.2. The fraction of sp³-hybridized carbons (Fsp3) is 0.316. The number of aryl methyl sites for hydroxylation is 1. The fourth-order valence-electron chi connectivity index (χ4n) is 2.97. The van der Waals surface area contributed by atoms with Crippen LogP contribution in [0.15, 0.2) is 48.5 Å². The molecule has 0 spiro atoms. The maximum atomic E-state index is 12.9. The van der Waals surface area contributed by atoms with Crippen molar-refractivity contribution >= 4 is 33.0 Å². The van der Waals surface area contributed by atoms with E-state index in [-0.39, 0.29) is 17.8 Å². The Hall–Kier alpha value is -2.94. The largest absolute Gasteiger partial charge is 0.324 e. The lowest BCUT2D eigenvalue weighted by Gasteiger charge is -2.30. The molecule has 2 aromatic rings. The Balaban J connectivity index is 2.45. The van der Waals surface area contributed by atoms with Gasteiger partial charge in [-0.1, -0.05) is 38.1 Å². The van der Waals surface area contributed by atoms with Crippen LogP contribution in [0.25, 0.3) is 0 Å². The van der Waals surface area contributed by atoms with Crippen molar-refractivity contribution in [2.45, 2.75) is 32.7 Å². The minimum atomic E-state index is -3.87. The number of amides is 1. The van der Waals surface area contributed by atoms with Crippen LogP contribution < -0.4 is 9.62 Å². The first-order valence-corrected chi connectivity index (χ1v) is 10.7. The van der Waals surface area contributed by atoms with Crippen molar-refractivity contribution in [1.82, 2.24) is 0 Å². The molecule has 2 rings (SSSR count). The summed E-state index contributed by atoms with van der Waals surface area (Å²) < 4.78 is 25.9. The Morgan fingerprint density at radius 2 is 1.86 bits per heavy atom. The quantitative estimate of drug-likeness (QED) is 0.535. The summed E-state index contributed by atoms with van der Waals surface area (Å²) in [5.41, 5.74) is 1.35. The van der Waals surface area contributed by atoms with E-state index in [2.05, 4.69) is 5.32 Å². The van der Waals surface area contributed by atoms with Gasteiger partial charge in [-0.3, -0.25) is 19.2 Å². The molecule has 0 aliphatic rings. The molecule has 0 bridgehead atoms. The van der Waals surface area contributed by atoms with Gasteiger partial charge in [-0.25, -0.2) is 8.42 Å². The van der Waals surface area contributed by atoms with Gasteiger partial charge >= 0.3 is 0 Å². The van der Waals surface area contributed by atoms with E-state index in [1.807, 2.05) is 19.1 Å². The number of hydrogen-bond acceptors (Lipinski definition) is 5. The first-order valence-electron chi connectivity index (χ1n) is 8.81. The summed E-state index contributed by atoms with van der Waals surface area (Å²) in [7, 11) is -3.87. The van der Waals surface area contributed by atoms with Crippen molar-refractivity contribution in [3.8, 4) is 0 Å². The summed E-state index contributed by atoms with van der Waals surface area (Å²) >= 11 is 0. The van der Waals surface area contributed by atoms with Gasteiger partial charge < -0.3 is 5.32 Å². The smallest absolute Gasteiger partial charge is 0.271 e. The molecule has 0 aliphatic carbocycles. The SMILES string of the molecule is CCc1ccccc1NC(=O)[C@@H](CC)N(c1cccc([N+](=O)[O-])c1)S(C)(=O)=O. The van der Waals surface area contributed by atoms with Gasteiger partial charge in [0.1, 0.15) is 6.04 Å². The summed E-state index contributed by atoms with van der Waals surface area (Å²) in [6.07, 6.45) is 1.87. The average molecular weight is 405 g/mol. The van der Waals surface area contributed by atoms with E-state index in [1.54, 1.807) is 19.1 Å². The molecule has 0 saturated heterocycles. The normalized spacial score (nSPS) is 12.2. The molecule has 0 heterocycles. The number of nitrogens with one attached hydrogen (secondary N) is 1. The van der Waals surface area contributed by atoms with Crippen molar-refractivity contribution in [2.24, 2.45) is 0 Å². The molecule has 0 unspecified atom stereocenters. The highest BCUT2D eigenvalue weighted by Gasteiger charge is 2.32. The van der Waals surface area contributed by atoms with Gasteiger partial charge in [-0.05, 0) is 30.5 Å². The molecule has 150 valence electrons. The number of non-ortho nitro benzene ring substituents is 1. The molecular weight excluding hydrogens is 382 g/mol. The van der Waals surface area contributed by atoms with E-state index in [0.29, 0.717) is 12.1 Å². The maximum absolute atomic E-state index is 12.9. The number of nitro groups is 1. The zero-order valence-electron chi connectivity index (χ0n) is 16.0. The van der Waals surface area contributed by atoms with E-state index >= 15 is 0 Å². The van der Waals surface area contributed by atoms with Crippen LogP contribution in [0.3, 0.4) is 0 Å². The number of para-hydroxylation sites is 1. The Bertz CT molecular complexity index is 975. The molecule has 0 fully saturated rings. The average Bonchev–Trinajstić information content (AvgIpc) is 2.65. The molecule has 8 nitrogen and oxygen atoms in total. The van der Waals surface area contributed by atoms with Gasteiger partial charge in [-0.2, -0.15) is 0 Å². The number of nitro benzene ring substituents is 1. The van der Waals surface area contributed by atoms with Crippen molar-refractivity contribution in [3.63, 3.8) is 0 Å². The molecule has 1 amide bonds. The standard InChI is InChI=1S/C19H23N3O5S/c1-4-14-9-6-7-12-17(14)20-19(23)18(5-2)21(28(3,26)27)15-10-8-11-16(13-15)22(24)25/h6-13,18H,4-5H2,1-3H3,(H,20,23)/t18-/m1/s1. The summed E-state index contributed by atoms with van der Waals surface area (Å²) in [6, 6.07) is 11.5. The van der Waals surface area contributed by atoms with Crippen molar-refractivity contribution < 1.29 is 18.1 Å². The number of carbonyl (C=O) groups excluding carboxylic acids is 1. The van der Waals surface area contributed by atoms with Gasteiger partial charge in [0.15, 0.2) is 0 Å². The number of hydrogen-bond donors (Lipinski definition) is 1. The summed E-state index contributed by atoms with van der Waals surface area (Å²) in [4.78, 5) is 23.4. The molecule has 0 aromatic heterocycles. The topological polar surface area (TPSA) is 110 Å². The lowest BCUT2D eigenvalue weighted by molar-refractivity contribution is -0.384. The van der Waals surface area contributed by atoms with Crippen LogP contribution in [0.5, 0.6) is 0 Å². The Labute approximate surface area is 164 Å². The molecule has 0 aliphatic heterocycles. The third-order valence-corrected chi connectivity index (χ3v) is 5.46. The summed E-state index contributed by atoms with van der Waals surface area (Å²) in [6.45, 7) is 3.64. The summed E-state index contributed by atoms with van der Waals surface area (Å²) in [5.74, 6) is -0.500. The van der Waals surface area contributed by atoms with Crippen molar-refractivity contribution in [3.05, 3.63) is 64.2 Å². The molecule has 2 aromatic carbocycles. The zero-order chi connectivity index (χ0) is 20.9. The van der Waals surface area contributed by atoms with Crippen LogP contribution >= 0.6 is 0 Å². The number of carbonyl (C=O) groups is 1. The van der Waals surface area contributed by atoms with Crippen molar-refractivity contribution in [1.29, 1.82) is 0 Å². The van der Waals surface area contributed by atoms with Gasteiger partial charge in [-0.15, -0.1) is 0 Å². The van der Waals surface area contributed by atoms with Gasteiger partial charge in [0.05, 0.1) is 16.9 Å². The van der Waals surface area contributed by atoms with E-state index in [9.17, 15) is 23.3 Å². The maximum Gasteiger partial charge on any atom is 0.271 e. The molecule has 28 heavy (non-hydrogen) atoms. The monoisotopic (exact) mass is 405 g/mol. The van der Waals surface area contributed by atoms with Gasteiger partial charge in [0, 0.05) is 17.8 Å². The van der Waals surface area contributed by atoms with Crippen LogP contribution in [-0.2, 0) is 21.2 Å². The van der Waals surface area contributed by atoms with Gasteiger partial charge in [0.25, 0.3) is 5.69 Å². The molecule has 1 N–H and O–H groups in total. The zero-order valence-corrected chi connectivity index (χ0v) is 16.8. The molecule has 1 atom stereocenters. The van der Waals surface area contributed by atoms with E-state index in [1.165, 1.54) is 18.2 Å². The number of sulfonamides is 1. The minimum Gasteiger partial charge on any atom is -0.324 e. The highest BCUT2D eigenvalue weighted by Crippen LogP contribution is 2.27. The Morgan fingerprint density at radius 1 is 1.18 bits per heavy atom. The first-order chi connectivity index (χ1) is 13.2. The predicted molar refractivity (Wildman–Crippen MR) is 109 cm³/mol. The molecule has 0 saturated carbocycles. The lowest BCUT2D eigenvalue weighted by atomic mass is 10.1. The predicted octanol–water partition coefficient (Wildman–Crippen LogP) is 3.34. The van der Waals surface area contributed by atoms with E-state index in [4.69, 9.17) is 0 Å². The van der Waals surface area contributed by atoms with Crippen LogP contribution in [0.4, 0.5) is 17.1 Å². The van der Waals surface area contributed by atoms with Crippen LogP contribution in [0, 0.1) is 10.1 Å². The number of benzene rings is 2. The first kappa shape index (κ1) is 21.4. The van der Waals surface area contributed by atoms with Gasteiger partial charge in [0.2, 0.25) is 15.9 Å². The third kappa shape index (κ3) is 4.86. The molecular formula is C19H23N3O5S. The highest BCUT2D eigenvalue weighted by molar-refractivity contribution is 7.92. The second-order valence-electron chi connectivity index (χ2n) is 6.26.